The highest BCUT2D eigenvalue weighted by Gasteiger charge is 2.06. The second kappa shape index (κ2) is 10.7. The van der Waals surface area contributed by atoms with Gasteiger partial charge in [0.25, 0.3) is 0 Å². The molecule has 0 radical (unpaired) electrons. The molecule has 0 saturated carbocycles. The normalized spacial score (nSPS) is 7.88. The molecule has 0 atom stereocenters. The molecule has 0 aliphatic heterocycles. The van der Waals surface area contributed by atoms with Crippen molar-refractivity contribution in [2.45, 2.75) is 34.6 Å². The van der Waals surface area contributed by atoms with Crippen LogP contribution in [0, 0.1) is 16.8 Å². The van der Waals surface area contributed by atoms with Gasteiger partial charge in [0.05, 0.1) is 5.69 Å². The maximum absolute atomic E-state index is 12.5. The van der Waals surface area contributed by atoms with E-state index in [1.165, 1.54) is 31.2 Å². The monoisotopic (exact) mass is 240 g/mol. The first-order chi connectivity index (χ1) is 8.15. The molecule has 0 aliphatic rings. The third kappa shape index (κ3) is 6.40. The van der Waals surface area contributed by atoms with E-state index in [0.29, 0.717) is 5.69 Å². The van der Waals surface area contributed by atoms with E-state index in [-0.39, 0.29) is 11.7 Å². The lowest BCUT2D eigenvalue weighted by atomic mass is 10.3. The van der Waals surface area contributed by atoms with Crippen LogP contribution in [-0.2, 0) is 0 Å². The summed E-state index contributed by atoms with van der Waals surface area (Å²) in [7, 11) is 0. The summed E-state index contributed by atoms with van der Waals surface area (Å²) >= 11 is 0. The molecule has 0 unspecified atom stereocenters. The van der Waals surface area contributed by atoms with E-state index in [9.17, 15) is 4.39 Å². The van der Waals surface area contributed by atoms with Crippen molar-refractivity contribution in [3.63, 3.8) is 0 Å². The van der Waals surface area contributed by atoms with Crippen LogP contribution in [0.5, 0.6) is 0 Å². The molecule has 0 bridgehead atoms. The zero-order valence-corrected chi connectivity index (χ0v) is 11.1. The molecule has 5 heteroatoms. The number of halogens is 1. The summed E-state index contributed by atoms with van der Waals surface area (Å²) in [5.74, 6) is -0.238. The number of anilines is 1. The van der Waals surface area contributed by atoms with Crippen molar-refractivity contribution in [1.29, 1.82) is 10.9 Å². The molecule has 0 aliphatic carbocycles. The highest BCUT2D eigenvalue weighted by atomic mass is 19.1. The lowest BCUT2D eigenvalue weighted by molar-refractivity contribution is 0.627. The number of nitrogens with zero attached hydrogens (tertiary/aromatic N) is 2. The number of benzene rings is 1. The molecule has 96 valence electrons. The molecule has 4 nitrogen and oxygen atoms in total. The molecule has 1 aromatic rings. The van der Waals surface area contributed by atoms with Crippen LogP contribution < -0.4 is 5.01 Å². The SMILES string of the molecule is CC.CC.CC(=N)N(N=N)c1ccc(F)cc1. The first-order valence-corrected chi connectivity index (χ1v) is 5.63. The average Bonchev–Trinajstić information content (AvgIpc) is 2.37. The van der Waals surface area contributed by atoms with Crippen LogP contribution in [0.2, 0.25) is 0 Å². The lowest BCUT2D eigenvalue weighted by Crippen LogP contribution is -2.20. The number of hydrogen-bond acceptors (Lipinski definition) is 3. The first kappa shape index (κ1) is 17.6. The Morgan fingerprint density at radius 1 is 1.12 bits per heavy atom. The van der Waals surface area contributed by atoms with Gasteiger partial charge in [-0.3, -0.25) is 5.41 Å². The van der Waals surface area contributed by atoms with Gasteiger partial charge in [0, 0.05) is 0 Å². The topological polar surface area (TPSA) is 63.3 Å². The van der Waals surface area contributed by atoms with E-state index in [1.807, 2.05) is 27.7 Å². The summed E-state index contributed by atoms with van der Waals surface area (Å²) in [4.78, 5) is 0. The van der Waals surface area contributed by atoms with Crippen LogP contribution in [0.3, 0.4) is 0 Å². The summed E-state index contributed by atoms with van der Waals surface area (Å²) in [6.07, 6.45) is 0. The molecule has 0 saturated heterocycles. The van der Waals surface area contributed by atoms with Crippen molar-refractivity contribution >= 4 is 11.5 Å². The predicted molar refractivity (Wildman–Crippen MR) is 70.1 cm³/mol. The fourth-order valence-electron chi connectivity index (χ4n) is 0.909. The Bertz CT molecular complexity index is 322. The van der Waals surface area contributed by atoms with Gasteiger partial charge >= 0.3 is 0 Å². The zero-order valence-electron chi connectivity index (χ0n) is 11.1. The lowest BCUT2D eigenvalue weighted by Gasteiger charge is -2.14. The minimum absolute atomic E-state index is 0.113. The van der Waals surface area contributed by atoms with Crippen molar-refractivity contribution in [2.75, 3.05) is 5.01 Å². The maximum atomic E-state index is 12.5. The van der Waals surface area contributed by atoms with Crippen molar-refractivity contribution in [1.82, 2.24) is 0 Å². The van der Waals surface area contributed by atoms with E-state index in [4.69, 9.17) is 10.9 Å². The van der Waals surface area contributed by atoms with Crippen LogP contribution in [0.1, 0.15) is 34.6 Å². The summed E-state index contributed by atoms with van der Waals surface area (Å²) < 4.78 is 12.5. The summed E-state index contributed by atoms with van der Waals surface area (Å²) in [6, 6.07) is 5.45. The minimum Gasteiger partial charge on any atom is -0.287 e. The number of amidine groups is 1. The van der Waals surface area contributed by atoms with Gasteiger partial charge in [0.15, 0.2) is 0 Å². The Morgan fingerprint density at radius 2 is 1.53 bits per heavy atom. The summed E-state index contributed by atoms with van der Waals surface area (Å²) in [6.45, 7) is 9.50. The van der Waals surface area contributed by atoms with Gasteiger partial charge in [0.1, 0.15) is 11.7 Å². The minimum atomic E-state index is -0.351. The average molecular weight is 240 g/mol. The van der Waals surface area contributed by atoms with Gasteiger partial charge < -0.3 is 0 Å². The van der Waals surface area contributed by atoms with E-state index in [1.54, 1.807) is 0 Å². The largest absolute Gasteiger partial charge is 0.287 e. The number of rotatable bonds is 2. The molecule has 0 heterocycles. The third-order valence-electron chi connectivity index (χ3n) is 1.49. The Kier molecular flexibility index (Phi) is 11.1. The Morgan fingerprint density at radius 3 is 1.82 bits per heavy atom. The number of hydrogen-bond donors (Lipinski definition) is 2. The van der Waals surface area contributed by atoms with E-state index >= 15 is 0 Å². The van der Waals surface area contributed by atoms with E-state index in [2.05, 4.69) is 5.22 Å². The van der Waals surface area contributed by atoms with Crippen LogP contribution in [0.25, 0.3) is 0 Å². The molecule has 1 aromatic carbocycles. The van der Waals surface area contributed by atoms with Gasteiger partial charge in [-0.05, 0) is 31.2 Å². The Hall–Kier alpha value is -1.78. The second-order valence-corrected chi connectivity index (χ2v) is 2.47. The summed E-state index contributed by atoms with van der Waals surface area (Å²) in [5, 5.41) is 11.5. The van der Waals surface area contributed by atoms with Gasteiger partial charge in [-0.1, -0.05) is 32.9 Å². The van der Waals surface area contributed by atoms with Crippen molar-refractivity contribution in [3.05, 3.63) is 30.1 Å². The molecule has 0 spiro atoms. The van der Waals surface area contributed by atoms with Crippen molar-refractivity contribution in [3.8, 4) is 0 Å². The first-order valence-electron chi connectivity index (χ1n) is 5.63. The van der Waals surface area contributed by atoms with Crippen LogP contribution >= 0.6 is 0 Å². The fraction of sp³-hybridized carbons (Fsp3) is 0.417. The van der Waals surface area contributed by atoms with Crippen LogP contribution in [0.15, 0.2) is 29.5 Å². The van der Waals surface area contributed by atoms with Crippen molar-refractivity contribution < 1.29 is 4.39 Å². The molecule has 0 aromatic heterocycles. The van der Waals surface area contributed by atoms with Gasteiger partial charge in [-0.2, -0.15) is 5.53 Å². The van der Waals surface area contributed by atoms with Crippen LogP contribution in [0.4, 0.5) is 10.1 Å². The van der Waals surface area contributed by atoms with Gasteiger partial charge in [-0.25, -0.2) is 9.40 Å². The second-order valence-electron chi connectivity index (χ2n) is 2.47. The van der Waals surface area contributed by atoms with Crippen LogP contribution in [-0.4, -0.2) is 5.84 Å². The van der Waals surface area contributed by atoms with Gasteiger partial charge in [0.2, 0.25) is 0 Å². The maximum Gasteiger partial charge on any atom is 0.123 e. The summed E-state index contributed by atoms with van der Waals surface area (Å²) in [5.41, 5.74) is 7.30. The zero-order chi connectivity index (χ0) is 13.8. The number of nitrogens with one attached hydrogen (secondary N) is 2. The highest BCUT2D eigenvalue weighted by Crippen LogP contribution is 2.14. The van der Waals surface area contributed by atoms with E-state index < -0.39 is 0 Å². The fourth-order valence-corrected chi connectivity index (χ4v) is 0.909. The highest BCUT2D eigenvalue weighted by molar-refractivity contribution is 5.92. The third-order valence-corrected chi connectivity index (χ3v) is 1.49. The molecular weight excluding hydrogens is 219 g/mol. The van der Waals surface area contributed by atoms with Crippen molar-refractivity contribution in [2.24, 2.45) is 5.22 Å². The molecule has 1 rings (SSSR count). The standard InChI is InChI=1S/C8H9FN4.2C2H6/c1-6(10)13(12-11)8-4-2-7(9)3-5-8;2*1-2/h2-5,10-11H,1H3;2*1-2H3. The predicted octanol–water partition coefficient (Wildman–Crippen LogP) is 4.63. The molecule has 0 fully saturated rings. The Balaban J connectivity index is 0. The molecule has 2 N–H and O–H groups in total. The smallest absolute Gasteiger partial charge is 0.123 e. The Labute approximate surface area is 102 Å². The van der Waals surface area contributed by atoms with E-state index in [0.717, 1.165) is 5.01 Å². The molecule has 17 heavy (non-hydrogen) atoms. The quantitative estimate of drug-likeness (QED) is 0.336. The molecular formula is C12H21FN4. The van der Waals surface area contributed by atoms with Gasteiger partial charge in [-0.15, -0.1) is 0 Å². The molecule has 0 amide bonds.